The molecular formula is C13H10BrFN2O2. The highest BCUT2D eigenvalue weighted by atomic mass is 79.9. The van der Waals surface area contributed by atoms with Crippen LogP contribution >= 0.6 is 15.9 Å². The molecule has 4 nitrogen and oxygen atoms in total. The second-order valence-electron chi connectivity index (χ2n) is 3.80. The van der Waals surface area contributed by atoms with Gasteiger partial charge in [-0.3, -0.25) is 0 Å². The number of halogens is 2. The van der Waals surface area contributed by atoms with E-state index in [-0.39, 0.29) is 11.5 Å². The first kappa shape index (κ1) is 13.5. The van der Waals surface area contributed by atoms with E-state index in [1.54, 1.807) is 18.2 Å². The molecule has 0 atom stereocenters. The van der Waals surface area contributed by atoms with Crippen LogP contribution in [0.2, 0.25) is 0 Å². The van der Waals surface area contributed by atoms with Gasteiger partial charge >= 0.3 is 5.97 Å². The summed E-state index contributed by atoms with van der Waals surface area (Å²) in [5.41, 5.74) is 1.14. The Morgan fingerprint density at radius 3 is 2.89 bits per heavy atom. The van der Waals surface area contributed by atoms with Crippen molar-refractivity contribution in [2.75, 3.05) is 5.32 Å². The molecule has 1 aromatic carbocycles. The van der Waals surface area contributed by atoms with Crippen molar-refractivity contribution in [3.8, 4) is 0 Å². The first-order valence-corrected chi connectivity index (χ1v) is 6.24. The van der Waals surface area contributed by atoms with Crippen molar-refractivity contribution in [1.29, 1.82) is 0 Å². The molecule has 0 bridgehead atoms. The highest BCUT2D eigenvalue weighted by molar-refractivity contribution is 9.10. The lowest BCUT2D eigenvalue weighted by Gasteiger charge is -2.08. The number of nitrogens with zero attached hydrogens (tertiary/aromatic N) is 1. The monoisotopic (exact) mass is 324 g/mol. The van der Waals surface area contributed by atoms with Crippen LogP contribution in [-0.4, -0.2) is 16.1 Å². The fourth-order valence-electron chi connectivity index (χ4n) is 1.52. The number of pyridine rings is 1. The largest absolute Gasteiger partial charge is 0.477 e. The number of carboxylic acid groups (broad SMARTS) is 1. The van der Waals surface area contributed by atoms with E-state index in [0.717, 1.165) is 4.47 Å². The maximum absolute atomic E-state index is 13.1. The predicted octanol–water partition coefficient (Wildman–Crippen LogP) is 3.29. The number of rotatable bonds is 4. The summed E-state index contributed by atoms with van der Waals surface area (Å²) in [6.45, 7) is 0.309. The van der Waals surface area contributed by atoms with Gasteiger partial charge in [-0.15, -0.1) is 0 Å². The van der Waals surface area contributed by atoms with Crippen molar-refractivity contribution in [2.24, 2.45) is 0 Å². The van der Waals surface area contributed by atoms with E-state index in [9.17, 15) is 9.18 Å². The van der Waals surface area contributed by atoms with Gasteiger partial charge in [0, 0.05) is 4.47 Å². The lowest BCUT2D eigenvalue weighted by Crippen LogP contribution is -2.06. The summed E-state index contributed by atoms with van der Waals surface area (Å²) in [4.78, 5) is 14.8. The number of anilines is 1. The van der Waals surface area contributed by atoms with E-state index in [2.05, 4.69) is 26.2 Å². The molecule has 0 spiro atoms. The van der Waals surface area contributed by atoms with E-state index < -0.39 is 5.97 Å². The number of benzene rings is 1. The summed E-state index contributed by atoms with van der Waals surface area (Å²) in [6.07, 6.45) is 0. The van der Waals surface area contributed by atoms with Crippen molar-refractivity contribution >= 4 is 27.6 Å². The maximum atomic E-state index is 13.1. The third-order valence-electron chi connectivity index (χ3n) is 2.41. The minimum absolute atomic E-state index is 0.0161. The van der Waals surface area contributed by atoms with Crippen LogP contribution in [0, 0.1) is 5.82 Å². The van der Waals surface area contributed by atoms with Crippen molar-refractivity contribution in [3.63, 3.8) is 0 Å². The SMILES string of the molecule is O=C(O)c1cccc(CNc2cc(F)ccc2Br)n1. The van der Waals surface area contributed by atoms with Crippen LogP contribution in [0.15, 0.2) is 40.9 Å². The third kappa shape index (κ3) is 3.51. The molecule has 0 saturated heterocycles. The second-order valence-corrected chi connectivity index (χ2v) is 4.65. The first-order valence-electron chi connectivity index (χ1n) is 5.44. The molecule has 0 aliphatic heterocycles. The number of aromatic nitrogens is 1. The molecule has 0 aliphatic carbocycles. The van der Waals surface area contributed by atoms with Crippen LogP contribution in [0.1, 0.15) is 16.2 Å². The fraction of sp³-hybridized carbons (Fsp3) is 0.0769. The van der Waals surface area contributed by atoms with Gasteiger partial charge in [0.05, 0.1) is 17.9 Å². The van der Waals surface area contributed by atoms with Crippen LogP contribution in [0.5, 0.6) is 0 Å². The van der Waals surface area contributed by atoms with Crippen molar-refractivity contribution < 1.29 is 14.3 Å². The average Bonchev–Trinajstić information content (AvgIpc) is 2.40. The summed E-state index contributed by atoms with van der Waals surface area (Å²) in [5, 5.41) is 11.8. The Morgan fingerprint density at radius 2 is 2.16 bits per heavy atom. The number of hydrogen-bond acceptors (Lipinski definition) is 3. The van der Waals surface area contributed by atoms with E-state index >= 15 is 0 Å². The van der Waals surface area contributed by atoms with Crippen LogP contribution in [0.25, 0.3) is 0 Å². The van der Waals surface area contributed by atoms with Gasteiger partial charge in [-0.05, 0) is 46.3 Å². The molecule has 6 heteroatoms. The molecule has 0 unspecified atom stereocenters. The lowest BCUT2D eigenvalue weighted by molar-refractivity contribution is 0.0690. The first-order chi connectivity index (χ1) is 9.06. The van der Waals surface area contributed by atoms with Crippen LogP contribution in [0.4, 0.5) is 10.1 Å². The standard InChI is InChI=1S/C13H10BrFN2O2/c14-10-5-4-8(15)6-12(10)16-7-9-2-1-3-11(17-9)13(18)19/h1-6,16H,7H2,(H,18,19). The van der Waals surface area contributed by atoms with Gasteiger partial charge in [-0.2, -0.15) is 0 Å². The van der Waals surface area contributed by atoms with Crippen LogP contribution in [0.3, 0.4) is 0 Å². The van der Waals surface area contributed by atoms with E-state index in [0.29, 0.717) is 17.9 Å². The summed E-state index contributed by atoms with van der Waals surface area (Å²) in [7, 11) is 0. The highest BCUT2D eigenvalue weighted by Gasteiger charge is 2.06. The molecule has 19 heavy (non-hydrogen) atoms. The van der Waals surface area contributed by atoms with Gasteiger partial charge in [0.15, 0.2) is 0 Å². The average molecular weight is 325 g/mol. The molecule has 2 aromatic rings. The molecule has 0 fully saturated rings. The summed E-state index contributed by atoms with van der Waals surface area (Å²) >= 11 is 3.30. The number of carboxylic acids is 1. The molecule has 2 rings (SSSR count). The van der Waals surface area contributed by atoms with Crippen molar-refractivity contribution in [2.45, 2.75) is 6.54 Å². The van der Waals surface area contributed by atoms with E-state index in [4.69, 9.17) is 5.11 Å². The normalized spacial score (nSPS) is 10.2. The maximum Gasteiger partial charge on any atom is 0.354 e. The van der Waals surface area contributed by atoms with Gasteiger partial charge in [0.2, 0.25) is 0 Å². The van der Waals surface area contributed by atoms with Crippen molar-refractivity contribution in [1.82, 2.24) is 4.98 Å². The highest BCUT2D eigenvalue weighted by Crippen LogP contribution is 2.23. The van der Waals surface area contributed by atoms with Crippen LogP contribution in [-0.2, 0) is 6.54 Å². The molecule has 98 valence electrons. The Hall–Kier alpha value is -1.95. The molecule has 0 radical (unpaired) electrons. The number of nitrogens with one attached hydrogen (secondary N) is 1. The zero-order valence-corrected chi connectivity index (χ0v) is 11.3. The molecule has 2 N–H and O–H groups in total. The predicted molar refractivity (Wildman–Crippen MR) is 72.6 cm³/mol. The zero-order valence-electron chi connectivity index (χ0n) is 9.73. The van der Waals surface area contributed by atoms with Gasteiger partial charge < -0.3 is 10.4 Å². The van der Waals surface area contributed by atoms with Gasteiger partial charge in [0.25, 0.3) is 0 Å². The Bertz CT molecular complexity index is 619. The molecule has 0 saturated carbocycles. The Balaban J connectivity index is 2.12. The molecular weight excluding hydrogens is 315 g/mol. The smallest absolute Gasteiger partial charge is 0.354 e. The van der Waals surface area contributed by atoms with E-state index in [1.165, 1.54) is 18.2 Å². The zero-order chi connectivity index (χ0) is 13.8. The lowest BCUT2D eigenvalue weighted by atomic mass is 10.2. The topological polar surface area (TPSA) is 62.2 Å². The van der Waals surface area contributed by atoms with E-state index in [1.807, 2.05) is 0 Å². The molecule has 0 amide bonds. The Labute approximate surface area is 117 Å². The van der Waals surface area contributed by atoms with Gasteiger partial charge in [-0.1, -0.05) is 6.07 Å². The Morgan fingerprint density at radius 1 is 1.37 bits per heavy atom. The summed E-state index contributed by atoms with van der Waals surface area (Å²) in [5.74, 6) is -1.42. The molecule has 1 heterocycles. The summed E-state index contributed by atoms with van der Waals surface area (Å²) in [6, 6.07) is 9.03. The van der Waals surface area contributed by atoms with Crippen LogP contribution < -0.4 is 5.32 Å². The van der Waals surface area contributed by atoms with Gasteiger partial charge in [-0.25, -0.2) is 14.2 Å². The second kappa shape index (κ2) is 5.79. The number of aromatic carboxylic acids is 1. The van der Waals surface area contributed by atoms with Crippen molar-refractivity contribution in [3.05, 3.63) is 58.1 Å². The van der Waals surface area contributed by atoms with Gasteiger partial charge in [0.1, 0.15) is 11.5 Å². The third-order valence-corrected chi connectivity index (χ3v) is 3.11. The molecule has 0 aliphatic rings. The number of hydrogen-bond donors (Lipinski definition) is 2. The molecule has 1 aromatic heterocycles. The Kier molecular flexibility index (Phi) is 4.11. The summed E-state index contributed by atoms with van der Waals surface area (Å²) < 4.78 is 13.8. The minimum atomic E-state index is -1.08. The number of carbonyl (C=O) groups is 1. The minimum Gasteiger partial charge on any atom is -0.477 e. The fourth-order valence-corrected chi connectivity index (χ4v) is 1.90. The quantitative estimate of drug-likeness (QED) is 0.905.